The van der Waals surface area contributed by atoms with Gasteiger partial charge in [-0.05, 0) is 45.4 Å². The molecular formula is C13H24N2O3. The highest BCUT2D eigenvalue weighted by Crippen LogP contribution is 2.23. The van der Waals surface area contributed by atoms with E-state index in [1.807, 2.05) is 13.8 Å². The summed E-state index contributed by atoms with van der Waals surface area (Å²) in [5.74, 6) is -0.241. The van der Waals surface area contributed by atoms with Gasteiger partial charge in [0.25, 0.3) is 0 Å². The van der Waals surface area contributed by atoms with E-state index in [0.717, 1.165) is 31.6 Å². The molecule has 0 aromatic carbocycles. The van der Waals surface area contributed by atoms with Crippen LogP contribution in [0.3, 0.4) is 0 Å². The number of aliphatic carboxylic acids is 1. The molecule has 0 saturated heterocycles. The van der Waals surface area contributed by atoms with E-state index in [9.17, 15) is 9.59 Å². The predicted octanol–water partition coefficient (Wildman–Crippen LogP) is 2.07. The van der Waals surface area contributed by atoms with Crippen LogP contribution in [0.4, 0.5) is 4.79 Å². The summed E-state index contributed by atoms with van der Waals surface area (Å²) in [6.07, 6.45) is 4.24. The van der Waals surface area contributed by atoms with E-state index in [1.54, 1.807) is 0 Å². The Morgan fingerprint density at radius 3 is 2.28 bits per heavy atom. The topological polar surface area (TPSA) is 69.6 Å². The van der Waals surface area contributed by atoms with Gasteiger partial charge in [0, 0.05) is 12.1 Å². The molecule has 0 aromatic rings. The van der Waals surface area contributed by atoms with Gasteiger partial charge in [0.1, 0.15) is 6.54 Å². The molecule has 5 nitrogen and oxygen atoms in total. The number of carboxylic acid groups (broad SMARTS) is 1. The van der Waals surface area contributed by atoms with Crippen molar-refractivity contribution in [1.29, 1.82) is 0 Å². The zero-order valence-electron chi connectivity index (χ0n) is 11.5. The third kappa shape index (κ3) is 4.55. The Balaban J connectivity index is 2.48. The molecule has 1 aliphatic carbocycles. The molecule has 1 rings (SSSR count). The standard InChI is InChI=1S/C13H24N2O3/c1-9(2)15(8-12(16)17)13(18)14-11-6-4-10(3)5-7-11/h9-11H,4-8H2,1-3H3,(H,14,18)(H,16,17). The van der Waals surface area contributed by atoms with Crippen LogP contribution < -0.4 is 5.32 Å². The number of rotatable bonds is 4. The van der Waals surface area contributed by atoms with Crippen LogP contribution in [-0.4, -0.2) is 40.6 Å². The van der Waals surface area contributed by atoms with Crippen molar-refractivity contribution < 1.29 is 14.7 Å². The van der Waals surface area contributed by atoms with Crippen molar-refractivity contribution in [2.24, 2.45) is 5.92 Å². The second kappa shape index (κ2) is 6.61. The van der Waals surface area contributed by atoms with E-state index < -0.39 is 5.97 Å². The number of hydrogen-bond acceptors (Lipinski definition) is 2. The van der Waals surface area contributed by atoms with Crippen molar-refractivity contribution in [1.82, 2.24) is 10.2 Å². The Hall–Kier alpha value is -1.26. The molecule has 18 heavy (non-hydrogen) atoms. The highest BCUT2D eigenvalue weighted by molar-refractivity contribution is 5.80. The van der Waals surface area contributed by atoms with E-state index in [4.69, 9.17) is 5.11 Å². The Morgan fingerprint density at radius 1 is 1.28 bits per heavy atom. The van der Waals surface area contributed by atoms with Crippen LogP contribution in [0.1, 0.15) is 46.5 Å². The van der Waals surface area contributed by atoms with Crippen LogP contribution in [0.2, 0.25) is 0 Å². The summed E-state index contributed by atoms with van der Waals surface area (Å²) in [5, 5.41) is 11.8. The van der Waals surface area contributed by atoms with Gasteiger partial charge in [-0.15, -0.1) is 0 Å². The fourth-order valence-electron chi connectivity index (χ4n) is 2.30. The number of hydrogen-bond donors (Lipinski definition) is 2. The molecule has 0 aromatic heterocycles. The number of carbonyl (C=O) groups is 2. The normalized spacial score (nSPS) is 23.8. The SMILES string of the molecule is CC1CCC(NC(=O)N(CC(=O)O)C(C)C)CC1. The smallest absolute Gasteiger partial charge is 0.323 e. The highest BCUT2D eigenvalue weighted by atomic mass is 16.4. The van der Waals surface area contributed by atoms with E-state index in [1.165, 1.54) is 4.90 Å². The van der Waals surface area contributed by atoms with Crippen LogP contribution in [0.5, 0.6) is 0 Å². The first-order valence-corrected chi connectivity index (χ1v) is 6.69. The first-order chi connectivity index (χ1) is 8.40. The summed E-state index contributed by atoms with van der Waals surface area (Å²) in [6.45, 7) is 5.63. The van der Waals surface area contributed by atoms with Crippen LogP contribution in [0.15, 0.2) is 0 Å². The molecule has 1 fully saturated rings. The number of carbonyl (C=O) groups excluding carboxylic acids is 1. The zero-order chi connectivity index (χ0) is 13.7. The van der Waals surface area contributed by atoms with Crippen molar-refractivity contribution in [2.45, 2.75) is 58.5 Å². The summed E-state index contributed by atoms with van der Waals surface area (Å²) < 4.78 is 0. The monoisotopic (exact) mass is 256 g/mol. The third-order valence-corrected chi connectivity index (χ3v) is 3.53. The lowest BCUT2D eigenvalue weighted by Crippen LogP contribution is -2.50. The predicted molar refractivity (Wildman–Crippen MR) is 69.4 cm³/mol. The number of nitrogens with one attached hydrogen (secondary N) is 1. The van der Waals surface area contributed by atoms with Gasteiger partial charge in [-0.2, -0.15) is 0 Å². The molecule has 104 valence electrons. The zero-order valence-corrected chi connectivity index (χ0v) is 11.5. The maximum Gasteiger partial charge on any atom is 0.323 e. The summed E-state index contributed by atoms with van der Waals surface area (Å²) in [6, 6.07) is -0.167. The van der Waals surface area contributed by atoms with Crippen LogP contribution in [0, 0.1) is 5.92 Å². The minimum Gasteiger partial charge on any atom is -0.480 e. The van der Waals surface area contributed by atoms with Gasteiger partial charge in [-0.1, -0.05) is 6.92 Å². The molecule has 0 radical (unpaired) electrons. The fourth-order valence-corrected chi connectivity index (χ4v) is 2.30. The minimum atomic E-state index is -0.976. The number of urea groups is 1. The molecule has 0 bridgehead atoms. The van der Waals surface area contributed by atoms with Gasteiger partial charge in [-0.3, -0.25) is 4.79 Å². The van der Waals surface area contributed by atoms with Gasteiger partial charge < -0.3 is 15.3 Å². The van der Waals surface area contributed by atoms with E-state index in [2.05, 4.69) is 12.2 Å². The van der Waals surface area contributed by atoms with Gasteiger partial charge in [0.15, 0.2) is 0 Å². The van der Waals surface area contributed by atoms with Crippen LogP contribution >= 0.6 is 0 Å². The minimum absolute atomic E-state index is 0.108. The maximum absolute atomic E-state index is 12.0. The second-order valence-electron chi connectivity index (χ2n) is 5.52. The lowest BCUT2D eigenvalue weighted by atomic mass is 9.87. The summed E-state index contributed by atoms with van der Waals surface area (Å²) in [5.41, 5.74) is 0. The molecule has 0 atom stereocenters. The number of amides is 2. The molecule has 2 amide bonds. The molecule has 1 aliphatic rings. The maximum atomic E-state index is 12.0. The van der Waals surface area contributed by atoms with Crippen molar-refractivity contribution in [3.05, 3.63) is 0 Å². The second-order valence-corrected chi connectivity index (χ2v) is 5.52. The summed E-state index contributed by atoms with van der Waals surface area (Å²) in [7, 11) is 0. The van der Waals surface area contributed by atoms with Crippen molar-refractivity contribution in [2.75, 3.05) is 6.54 Å². The molecular weight excluding hydrogens is 232 g/mol. The van der Waals surface area contributed by atoms with Gasteiger partial charge in [-0.25, -0.2) is 4.79 Å². The highest BCUT2D eigenvalue weighted by Gasteiger charge is 2.24. The lowest BCUT2D eigenvalue weighted by Gasteiger charge is -2.31. The molecule has 0 unspecified atom stereocenters. The first kappa shape index (κ1) is 14.8. The largest absolute Gasteiger partial charge is 0.480 e. The van der Waals surface area contributed by atoms with Crippen molar-refractivity contribution in [3.8, 4) is 0 Å². The Bertz CT molecular complexity index is 297. The number of nitrogens with zero attached hydrogens (tertiary/aromatic N) is 1. The number of carboxylic acids is 1. The van der Waals surface area contributed by atoms with Crippen LogP contribution in [0.25, 0.3) is 0 Å². The lowest BCUT2D eigenvalue weighted by molar-refractivity contribution is -0.138. The quantitative estimate of drug-likeness (QED) is 0.809. The van der Waals surface area contributed by atoms with E-state index in [0.29, 0.717) is 0 Å². The summed E-state index contributed by atoms with van der Waals surface area (Å²) in [4.78, 5) is 24.1. The van der Waals surface area contributed by atoms with Gasteiger partial charge >= 0.3 is 12.0 Å². The molecule has 1 saturated carbocycles. The van der Waals surface area contributed by atoms with E-state index >= 15 is 0 Å². The van der Waals surface area contributed by atoms with Gasteiger partial charge in [0.2, 0.25) is 0 Å². The molecule has 0 heterocycles. The average Bonchev–Trinajstić information content (AvgIpc) is 2.28. The Morgan fingerprint density at radius 2 is 1.83 bits per heavy atom. The van der Waals surface area contributed by atoms with Crippen LogP contribution in [-0.2, 0) is 4.79 Å². The van der Waals surface area contributed by atoms with Gasteiger partial charge in [0.05, 0.1) is 0 Å². The first-order valence-electron chi connectivity index (χ1n) is 6.69. The summed E-state index contributed by atoms with van der Waals surface area (Å²) >= 11 is 0. The molecule has 5 heteroatoms. The Labute approximate surface area is 109 Å². The molecule has 2 N–H and O–H groups in total. The fraction of sp³-hybridized carbons (Fsp3) is 0.846. The van der Waals surface area contributed by atoms with E-state index in [-0.39, 0.29) is 24.7 Å². The Kier molecular flexibility index (Phi) is 5.44. The average molecular weight is 256 g/mol. The van der Waals surface area contributed by atoms with Crippen molar-refractivity contribution >= 4 is 12.0 Å². The third-order valence-electron chi connectivity index (χ3n) is 3.53. The molecule has 0 spiro atoms. The van der Waals surface area contributed by atoms with Crippen molar-refractivity contribution in [3.63, 3.8) is 0 Å². The molecule has 0 aliphatic heterocycles.